The molecule has 0 saturated carbocycles. The summed E-state index contributed by atoms with van der Waals surface area (Å²) in [6.07, 6.45) is 6.93. The summed E-state index contributed by atoms with van der Waals surface area (Å²) < 4.78 is 0. The van der Waals surface area contributed by atoms with Crippen molar-refractivity contribution in [2.45, 2.75) is 19.3 Å². The molecule has 1 aromatic carbocycles. The Hall–Kier alpha value is -2.07. The Morgan fingerprint density at radius 3 is 2.65 bits per heavy atom. The van der Waals surface area contributed by atoms with Crippen molar-refractivity contribution in [3.05, 3.63) is 52.3 Å². The number of benzene rings is 1. The third-order valence-corrected chi connectivity index (χ3v) is 4.15. The van der Waals surface area contributed by atoms with Gasteiger partial charge in [0, 0.05) is 37.4 Å². The lowest BCUT2D eigenvalue weighted by Crippen LogP contribution is -2.32. The maximum Gasteiger partial charge on any atom is 0.278 e. The number of carbonyl (C=O) groups excluding carboxylic acids is 1. The highest BCUT2D eigenvalue weighted by atomic mass is 35.5. The van der Waals surface area contributed by atoms with E-state index >= 15 is 0 Å². The van der Waals surface area contributed by atoms with Gasteiger partial charge in [0.05, 0.1) is 0 Å². The fourth-order valence-corrected chi connectivity index (χ4v) is 2.98. The molecule has 0 unspecified atom stereocenters. The first-order chi connectivity index (χ1) is 11.0. The van der Waals surface area contributed by atoms with Crippen LogP contribution < -0.4 is 0 Å². The van der Waals surface area contributed by atoms with E-state index in [0.717, 1.165) is 42.8 Å². The van der Waals surface area contributed by atoms with E-state index in [2.05, 4.69) is 11.2 Å². The van der Waals surface area contributed by atoms with Gasteiger partial charge in [-0.3, -0.25) is 9.69 Å². The summed E-state index contributed by atoms with van der Waals surface area (Å²) in [6, 6.07) is 7.42. The van der Waals surface area contributed by atoms with Gasteiger partial charge in [0.15, 0.2) is 0 Å². The van der Waals surface area contributed by atoms with Gasteiger partial charge in [0.25, 0.3) is 5.91 Å². The molecule has 0 bridgehead atoms. The van der Waals surface area contributed by atoms with Crippen molar-refractivity contribution in [2.24, 2.45) is 4.99 Å². The number of rotatable bonds is 2. The molecule has 0 atom stereocenters. The molecule has 1 aromatic rings. The van der Waals surface area contributed by atoms with E-state index < -0.39 is 0 Å². The third-order valence-electron chi connectivity index (χ3n) is 3.90. The first-order valence-electron chi connectivity index (χ1n) is 7.80. The summed E-state index contributed by atoms with van der Waals surface area (Å²) >= 11 is 5.91. The average molecular weight is 330 g/mol. The molecular formula is C18H20ClN3O. The Bertz CT molecular complexity index is 701. The van der Waals surface area contributed by atoms with E-state index in [1.54, 1.807) is 0 Å². The van der Waals surface area contributed by atoms with Crippen LogP contribution in [0.2, 0.25) is 5.02 Å². The van der Waals surface area contributed by atoms with E-state index in [9.17, 15) is 4.79 Å². The molecule has 2 aliphatic rings. The molecule has 5 heteroatoms. The van der Waals surface area contributed by atoms with Crippen LogP contribution in [0, 0.1) is 0 Å². The quantitative estimate of drug-likeness (QED) is 0.778. The third kappa shape index (κ3) is 3.48. The maximum absolute atomic E-state index is 12.7. The van der Waals surface area contributed by atoms with Crippen LogP contribution in [-0.2, 0) is 4.79 Å². The molecule has 2 aliphatic heterocycles. The van der Waals surface area contributed by atoms with Crippen LogP contribution in [0.3, 0.4) is 0 Å². The van der Waals surface area contributed by atoms with Gasteiger partial charge >= 0.3 is 0 Å². The minimum Gasteiger partial charge on any atom is -0.383 e. The van der Waals surface area contributed by atoms with Crippen LogP contribution >= 0.6 is 11.6 Å². The van der Waals surface area contributed by atoms with E-state index in [4.69, 9.17) is 11.6 Å². The number of nitrogens with zero attached hydrogens (tertiary/aromatic N) is 3. The number of amides is 1. The van der Waals surface area contributed by atoms with Gasteiger partial charge in [-0.25, -0.2) is 4.99 Å². The van der Waals surface area contributed by atoms with Crippen LogP contribution in [0.15, 0.2) is 46.7 Å². The van der Waals surface area contributed by atoms with Crippen molar-refractivity contribution in [1.29, 1.82) is 0 Å². The minimum atomic E-state index is -0.0125. The lowest BCUT2D eigenvalue weighted by molar-refractivity contribution is -0.122. The minimum absolute atomic E-state index is 0.0125. The first kappa shape index (κ1) is 15.8. The lowest BCUT2D eigenvalue weighted by Gasteiger charge is -2.17. The average Bonchev–Trinajstić information content (AvgIpc) is 2.68. The highest BCUT2D eigenvalue weighted by Gasteiger charge is 2.33. The van der Waals surface area contributed by atoms with Crippen LogP contribution in [0.5, 0.6) is 0 Å². The van der Waals surface area contributed by atoms with Crippen LogP contribution in [0.4, 0.5) is 0 Å². The van der Waals surface area contributed by atoms with E-state index in [1.807, 2.05) is 54.2 Å². The number of hydrogen-bond acceptors (Lipinski definition) is 3. The van der Waals surface area contributed by atoms with Gasteiger partial charge in [0.2, 0.25) is 0 Å². The zero-order valence-electron chi connectivity index (χ0n) is 13.4. The molecular weight excluding hydrogens is 310 g/mol. The number of carbonyl (C=O) groups is 1. The first-order valence-corrected chi connectivity index (χ1v) is 8.18. The Labute approximate surface area is 141 Å². The van der Waals surface area contributed by atoms with Gasteiger partial charge in [-0.05, 0) is 43.0 Å². The molecule has 2 heterocycles. The largest absolute Gasteiger partial charge is 0.383 e. The number of halogens is 1. The van der Waals surface area contributed by atoms with Crippen molar-refractivity contribution >= 4 is 29.4 Å². The van der Waals surface area contributed by atoms with E-state index in [1.165, 1.54) is 0 Å². The lowest BCUT2D eigenvalue weighted by atomic mass is 10.1. The molecule has 1 fully saturated rings. The van der Waals surface area contributed by atoms with Gasteiger partial charge < -0.3 is 4.90 Å². The zero-order valence-corrected chi connectivity index (χ0v) is 14.2. The zero-order chi connectivity index (χ0) is 16.4. The Balaban J connectivity index is 1.98. The van der Waals surface area contributed by atoms with Gasteiger partial charge in [-0.15, -0.1) is 0 Å². The highest BCUT2D eigenvalue weighted by Crippen LogP contribution is 2.27. The molecule has 4 nitrogen and oxygen atoms in total. The molecule has 0 spiro atoms. The number of amidine groups is 1. The van der Waals surface area contributed by atoms with Crippen molar-refractivity contribution in [3.63, 3.8) is 0 Å². The van der Waals surface area contributed by atoms with Gasteiger partial charge in [0.1, 0.15) is 11.5 Å². The second-order valence-corrected chi connectivity index (χ2v) is 6.48. The van der Waals surface area contributed by atoms with Crippen molar-refractivity contribution < 1.29 is 4.79 Å². The molecule has 1 amide bonds. The number of fused-ring (bicyclic) bond motifs is 1. The number of aliphatic imine (C=N–C) groups is 1. The summed E-state index contributed by atoms with van der Waals surface area (Å²) in [5.74, 6) is 0.794. The second-order valence-electron chi connectivity index (χ2n) is 6.05. The molecule has 0 aliphatic carbocycles. The summed E-state index contributed by atoms with van der Waals surface area (Å²) in [5, 5.41) is 0.682. The van der Waals surface area contributed by atoms with Crippen LogP contribution in [0.1, 0.15) is 24.8 Å². The summed E-state index contributed by atoms with van der Waals surface area (Å²) in [4.78, 5) is 21.1. The summed E-state index contributed by atoms with van der Waals surface area (Å²) in [5.41, 5.74) is 2.55. The molecule has 120 valence electrons. The number of hydrogen-bond donors (Lipinski definition) is 0. The monoisotopic (exact) mass is 329 g/mol. The molecule has 0 radical (unpaired) electrons. The van der Waals surface area contributed by atoms with Crippen molar-refractivity contribution in [3.8, 4) is 0 Å². The Kier molecular flexibility index (Phi) is 4.53. The summed E-state index contributed by atoms with van der Waals surface area (Å²) in [7, 11) is 3.98. The molecule has 3 rings (SSSR count). The van der Waals surface area contributed by atoms with Gasteiger partial charge in [-0.1, -0.05) is 23.7 Å². The van der Waals surface area contributed by atoms with E-state index in [-0.39, 0.29) is 5.91 Å². The molecule has 0 aromatic heterocycles. The molecule has 0 N–H and O–H groups in total. The fraction of sp³-hybridized carbons (Fsp3) is 0.333. The van der Waals surface area contributed by atoms with E-state index in [0.29, 0.717) is 10.7 Å². The maximum atomic E-state index is 12.7. The molecule has 1 saturated heterocycles. The smallest absolute Gasteiger partial charge is 0.278 e. The normalized spacial score (nSPS) is 21.4. The van der Waals surface area contributed by atoms with Crippen LogP contribution in [-0.4, -0.2) is 42.2 Å². The highest BCUT2D eigenvalue weighted by molar-refractivity contribution is 6.30. The Morgan fingerprint density at radius 1 is 1.22 bits per heavy atom. The Morgan fingerprint density at radius 2 is 1.96 bits per heavy atom. The predicted molar refractivity (Wildman–Crippen MR) is 94.2 cm³/mol. The second kappa shape index (κ2) is 6.59. The topological polar surface area (TPSA) is 35.9 Å². The van der Waals surface area contributed by atoms with Crippen molar-refractivity contribution in [1.82, 2.24) is 9.80 Å². The van der Waals surface area contributed by atoms with Gasteiger partial charge in [-0.2, -0.15) is 0 Å². The fourth-order valence-electron chi connectivity index (χ4n) is 2.85. The van der Waals surface area contributed by atoms with Crippen molar-refractivity contribution in [2.75, 3.05) is 20.6 Å². The summed E-state index contributed by atoms with van der Waals surface area (Å²) in [6.45, 7) is 0.737. The molecule has 23 heavy (non-hydrogen) atoms. The standard InChI is InChI=1S/C18H20ClN3O/c1-21(2)12-14-5-3-4-10-22-17(14)20-16(18(22)23)11-13-6-8-15(19)9-7-13/h6-9,11-12H,3-5,10H2,1-2H3/b14-12-,16-11+. The predicted octanol–water partition coefficient (Wildman–Crippen LogP) is 3.55. The SMILES string of the molecule is CN(C)/C=C1/CCCCN2C(=O)/C(=C\c3ccc(Cl)cc3)N=C12. The van der Waals surface area contributed by atoms with Crippen LogP contribution in [0.25, 0.3) is 6.08 Å².